The smallest absolute Gasteiger partial charge is 0.224 e. The first-order valence-corrected chi connectivity index (χ1v) is 7.31. The molecule has 3 nitrogen and oxygen atoms in total. The highest BCUT2D eigenvalue weighted by Gasteiger charge is 2.41. The predicted molar refractivity (Wildman–Crippen MR) is 74.1 cm³/mol. The van der Waals surface area contributed by atoms with E-state index in [1.807, 2.05) is 12.1 Å². The van der Waals surface area contributed by atoms with Crippen molar-refractivity contribution >= 4 is 21.8 Å². The number of nitrogens with zero attached hydrogens (tertiary/aromatic N) is 1. The Labute approximate surface area is 116 Å². The quantitative estimate of drug-likeness (QED) is 0.929. The van der Waals surface area contributed by atoms with E-state index in [-0.39, 0.29) is 0 Å². The summed E-state index contributed by atoms with van der Waals surface area (Å²) in [7, 11) is 0. The molecule has 96 valence electrons. The van der Waals surface area contributed by atoms with Crippen LogP contribution in [0.2, 0.25) is 0 Å². The molecule has 0 bridgehead atoms. The Hall–Kier alpha value is -0.870. The molecule has 0 saturated carbocycles. The van der Waals surface area contributed by atoms with Gasteiger partial charge in [0.2, 0.25) is 5.91 Å². The molecule has 1 amide bonds. The van der Waals surface area contributed by atoms with Gasteiger partial charge in [-0.1, -0.05) is 34.1 Å². The number of fused-ring (bicyclic) bond motifs is 1. The Kier molecular flexibility index (Phi) is 3.39. The van der Waals surface area contributed by atoms with Gasteiger partial charge in [0.05, 0.1) is 0 Å². The summed E-state index contributed by atoms with van der Waals surface area (Å²) in [6.45, 7) is 1.78. The molecule has 2 aliphatic rings. The maximum atomic E-state index is 11.8. The third kappa shape index (κ3) is 2.19. The van der Waals surface area contributed by atoms with Gasteiger partial charge in [0.25, 0.3) is 0 Å². The van der Waals surface area contributed by atoms with Crippen LogP contribution in [-0.2, 0) is 11.3 Å². The lowest BCUT2D eigenvalue weighted by molar-refractivity contribution is -0.127. The Bertz CT molecular complexity index is 463. The van der Waals surface area contributed by atoms with Crippen molar-refractivity contribution < 1.29 is 4.79 Å². The number of carbonyl (C=O) groups is 1. The second kappa shape index (κ2) is 5.02. The first-order valence-electron chi connectivity index (χ1n) is 6.52. The summed E-state index contributed by atoms with van der Waals surface area (Å²) < 4.78 is 1.13. The fourth-order valence-electron chi connectivity index (χ4n) is 3.05. The van der Waals surface area contributed by atoms with Gasteiger partial charge in [0.1, 0.15) is 0 Å². The summed E-state index contributed by atoms with van der Waals surface area (Å²) in [5.41, 5.74) is 1.25. The van der Waals surface area contributed by atoms with Crippen molar-refractivity contribution in [3.8, 4) is 0 Å². The fraction of sp³-hybridized carbons (Fsp3) is 0.500. The molecule has 1 aromatic rings. The Morgan fingerprint density at radius 1 is 1.39 bits per heavy atom. The standard InChI is InChI=1S/C14H17BrN2O/c15-11-5-2-1-4-10(11)9-16-12-8-14(18)17-7-3-6-13(12)17/h1-2,4-5,12-13,16H,3,6-9H2. The van der Waals surface area contributed by atoms with Crippen LogP contribution in [0.25, 0.3) is 0 Å². The van der Waals surface area contributed by atoms with E-state index in [4.69, 9.17) is 0 Å². The maximum absolute atomic E-state index is 11.8. The molecule has 2 fully saturated rings. The average Bonchev–Trinajstić information content (AvgIpc) is 2.94. The van der Waals surface area contributed by atoms with E-state index in [1.54, 1.807) is 0 Å². The van der Waals surface area contributed by atoms with E-state index in [0.717, 1.165) is 30.4 Å². The minimum absolute atomic E-state index is 0.321. The Morgan fingerprint density at radius 3 is 3.06 bits per heavy atom. The lowest BCUT2D eigenvalue weighted by Crippen LogP contribution is -2.39. The zero-order valence-corrected chi connectivity index (χ0v) is 11.8. The van der Waals surface area contributed by atoms with E-state index in [0.29, 0.717) is 24.4 Å². The molecule has 2 atom stereocenters. The molecule has 1 N–H and O–H groups in total. The highest BCUT2D eigenvalue weighted by Crippen LogP contribution is 2.29. The molecule has 18 heavy (non-hydrogen) atoms. The van der Waals surface area contributed by atoms with E-state index in [9.17, 15) is 4.79 Å². The van der Waals surface area contributed by atoms with Gasteiger partial charge in [-0.25, -0.2) is 0 Å². The first kappa shape index (κ1) is 12.2. The first-order chi connectivity index (χ1) is 8.75. The van der Waals surface area contributed by atoms with Gasteiger partial charge in [-0.3, -0.25) is 4.79 Å². The highest BCUT2D eigenvalue weighted by molar-refractivity contribution is 9.10. The van der Waals surface area contributed by atoms with Crippen LogP contribution < -0.4 is 5.32 Å². The largest absolute Gasteiger partial charge is 0.338 e. The zero-order valence-electron chi connectivity index (χ0n) is 10.2. The van der Waals surface area contributed by atoms with Gasteiger partial charge in [-0.2, -0.15) is 0 Å². The van der Waals surface area contributed by atoms with Gasteiger partial charge in [0.15, 0.2) is 0 Å². The summed E-state index contributed by atoms with van der Waals surface area (Å²) >= 11 is 3.56. The SMILES string of the molecule is O=C1CC(NCc2ccccc2Br)C2CCCN12. The normalized spacial score (nSPS) is 26.7. The van der Waals surface area contributed by atoms with Crippen molar-refractivity contribution in [3.63, 3.8) is 0 Å². The molecule has 0 radical (unpaired) electrons. The minimum atomic E-state index is 0.321. The molecule has 0 aromatic heterocycles. The van der Waals surface area contributed by atoms with E-state index < -0.39 is 0 Å². The van der Waals surface area contributed by atoms with Crippen LogP contribution in [0, 0.1) is 0 Å². The van der Waals surface area contributed by atoms with Crippen LogP contribution in [0.5, 0.6) is 0 Å². The van der Waals surface area contributed by atoms with Crippen LogP contribution in [0.3, 0.4) is 0 Å². The molecular formula is C14H17BrN2O. The molecule has 4 heteroatoms. The molecular weight excluding hydrogens is 292 g/mol. The van der Waals surface area contributed by atoms with Crippen molar-refractivity contribution in [2.45, 2.75) is 37.9 Å². The zero-order chi connectivity index (χ0) is 12.5. The van der Waals surface area contributed by atoms with E-state index >= 15 is 0 Å². The summed E-state index contributed by atoms with van der Waals surface area (Å²) in [6.07, 6.45) is 2.97. The number of hydrogen-bond donors (Lipinski definition) is 1. The molecule has 0 spiro atoms. The number of amides is 1. The third-order valence-electron chi connectivity index (χ3n) is 3.99. The number of rotatable bonds is 3. The van der Waals surface area contributed by atoms with Crippen LogP contribution >= 0.6 is 15.9 Å². The fourth-order valence-corrected chi connectivity index (χ4v) is 3.48. The Balaban J connectivity index is 1.64. The van der Waals surface area contributed by atoms with Crippen LogP contribution in [0.1, 0.15) is 24.8 Å². The molecule has 1 aromatic carbocycles. The molecule has 2 aliphatic heterocycles. The molecule has 2 unspecified atom stereocenters. The lowest BCUT2D eigenvalue weighted by atomic mass is 10.1. The van der Waals surface area contributed by atoms with E-state index in [1.165, 1.54) is 5.56 Å². The molecule has 2 saturated heterocycles. The molecule has 0 aliphatic carbocycles. The second-order valence-electron chi connectivity index (χ2n) is 5.08. The summed E-state index contributed by atoms with van der Waals surface area (Å²) in [6, 6.07) is 8.99. The van der Waals surface area contributed by atoms with Crippen molar-refractivity contribution in [3.05, 3.63) is 34.3 Å². The molecule has 3 rings (SSSR count). The number of hydrogen-bond acceptors (Lipinski definition) is 2. The van der Waals surface area contributed by atoms with Crippen LogP contribution in [0.15, 0.2) is 28.7 Å². The minimum Gasteiger partial charge on any atom is -0.338 e. The second-order valence-corrected chi connectivity index (χ2v) is 5.93. The van der Waals surface area contributed by atoms with Crippen molar-refractivity contribution in [1.29, 1.82) is 0 Å². The number of halogens is 1. The van der Waals surface area contributed by atoms with Crippen LogP contribution in [0.4, 0.5) is 0 Å². The van der Waals surface area contributed by atoms with Crippen molar-refractivity contribution in [2.75, 3.05) is 6.54 Å². The van der Waals surface area contributed by atoms with Gasteiger partial charge >= 0.3 is 0 Å². The molecule has 2 heterocycles. The topological polar surface area (TPSA) is 32.3 Å². The highest BCUT2D eigenvalue weighted by atomic mass is 79.9. The monoisotopic (exact) mass is 308 g/mol. The third-order valence-corrected chi connectivity index (χ3v) is 4.76. The Morgan fingerprint density at radius 2 is 2.22 bits per heavy atom. The summed E-state index contributed by atoms with van der Waals surface area (Å²) in [4.78, 5) is 13.9. The number of carbonyl (C=O) groups excluding carboxylic acids is 1. The number of nitrogens with one attached hydrogen (secondary N) is 1. The maximum Gasteiger partial charge on any atom is 0.224 e. The van der Waals surface area contributed by atoms with Gasteiger partial charge in [-0.05, 0) is 24.5 Å². The average molecular weight is 309 g/mol. The summed E-state index contributed by atoms with van der Waals surface area (Å²) in [5, 5.41) is 3.55. The van der Waals surface area contributed by atoms with Crippen molar-refractivity contribution in [1.82, 2.24) is 10.2 Å². The summed E-state index contributed by atoms with van der Waals surface area (Å²) in [5.74, 6) is 0.321. The van der Waals surface area contributed by atoms with Gasteiger partial charge < -0.3 is 10.2 Å². The van der Waals surface area contributed by atoms with Gasteiger partial charge in [0, 0.05) is 36.1 Å². The van der Waals surface area contributed by atoms with Crippen LogP contribution in [-0.4, -0.2) is 29.4 Å². The van der Waals surface area contributed by atoms with E-state index in [2.05, 4.69) is 38.3 Å². The number of benzene rings is 1. The van der Waals surface area contributed by atoms with Crippen molar-refractivity contribution in [2.24, 2.45) is 0 Å². The predicted octanol–water partition coefficient (Wildman–Crippen LogP) is 2.30. The lowest BCUT2D eigenvalue weighted by Gasteiger charge is -2.21. The van der Waals surface area contributed by atoms with Gasteiger partial charge in [-0.15, -0.1) is 0 Å².